The van der Waals surface area contributed by atoms with Crippen molar-refractivity contribution in [2.45, 2.75) is 45.2 Å². The first-order valence-electron chi connectivity index (χ1n) is 6.59. The highest BCUT2D eigenvalue weighted by Crippen LogP contribution is 2.19. The van der Waals surface area contributed by atoms with Crippen LogP contribution in [0.5, 0.6) is 0 Å². The number of nitrogens with one attached hydrogen (secondary N) is 1. The van der Waals surface area contributed by atoms with Crippen molar-refractivity contribution in [3.8, 4) is 0 Å². The van der Waals surface area contributed by atoms with Crippen LogP contribution in [0.2, 0.25) is 0 Å². The molecule has 0 aromatic rings. The van der Waals surface area contributed by atoms with Gasteiger partial charge in [0.05, 0.1) is 17.5 Å². The van der Waals surface area contributed by atoms with Crippen molar-refractivity contribution >= 4 is 15.7 Å². The minimum Gasteiger partial charge on any atom is -0.337 e. The molecule has 5 nitrogen and oxygen atoms in total. The van der Waals surface area contributed by atoms with Gasteiger partial charge in [0.15, 0.2) is 9.84 Å². The molecule has 1 heterocycles. The molecule has 1 amide bonds. The molecule has 6 heteroatoms. The molecule has 1 N–H and O–H groups in total. The van der Waals surface area contributed by atoms with Crippen molar-refractivity contribution in [1.82, 2.24) is 10.2 Å². The van der Waals surface area contributed by atoms with Crippen LogP contribution in [0.1, 0.15) is 33.1 Å². The fourth-order valence-corrected chi connectivity index (χ4v) is 3.93. The van der Waals surface area contributed by atoms with Gasteiger partial charge in [-0.25, -0.2) is 8.42 Å². The van der Waals surface area contributed by atoms with Crippen molar-refractivity contribution in [3.63, 3.8) is 0 Å². The van der Waals surface area contributed by atoms with Gasteiger partial charge in [-0.1, -0.05) is 13.3 Å². The van der Waals surface area contributed by atoms with Gasteiger partial charge >= 0.3 is 0 Å². The van der Waals surface area contributed by atoms with E-state index in [-0.39, 0.29) is 29.5 Å². The summed E-state index contributed by atoms with van der Waals surface area (Å²) in [5, 5.41) is 2.93. The summed E-state index contributed by atoms with van der Waals surface area (Å²) < 4.78 is 23.1. The number of carbonyl (C=O) groups is 1. The van der Waals surface area contributed by atoms with E-state index < -0.39 is 9.84 Å². The third-order valence-corrected chi connectivity index (χ3v) is 5.24. The van der Waals surface area contributed by atoms with Crippen molar-refractivity contribution in [2.24, 2.45) is 0 Å². The molecule has 2 unspecified atom stereocenters. The summed E-state index contributed by atoms with van der Waals surface area (Å²) in [6, 6.07) is -0.394. The third kappa shape index (κ3) is 3.95. The number of amides is 1. The lowest BCUT2D eigenvalue weighted by Crippen LogP contribution is -2.49. The van der Waals surface area contributed by atoms with Crippen LogP contribution in [0, 0.1) is 0 Å². The molecule has 2 atom stereocenters. The summed E-state index contributed by atoms with van der Waals surface area (Å²) in [5.74, 6) is 0.341. The molecule has 0 bridgehead atoms. The molecule has 0 aromatic carbocycles. The van der Waals surface area contributed by atoms with Crippen LogP contribution in [0.4, 0.5) is 0 Å². The van der Waals surface area contributed by atoms with Gasteiger partial charge in [-0.2, -0.15) is 0 Å². The SMILES string of the molecule is CCCCN(C(=O)C(C)NC)C1CCS(=O)(=O)C1. The molecule has 0 aliphatic carbocycles. The molecule has 1 aliphatic rings. The topological polar surface area (TPSA) is 66.5 Å². The lowest BCUT2D eigenvalue weighted by molar-refractivity contribution is -0.134. The highest BCUT2D eigenvalue weighted by atomic mass is 32.2. The number of likely N-dealkylation sites (N-methyl/N-ethyl adjacent to an activating group) is 1. The lowest BCUT2D eigenvalue weighted by atomic mass is 10.1. The molecule has 1 saturated heterocycles. The molecule has 0 spiro atoms. The molecule has 1 rings (SSSR count). The Hall–Kier alpha value is -0.620. The van der Waals surface area contributed by atoms with E-state index in [2.05, 4.69) is 12.2 Å². The van der Waals surface area contributed by atoms with E-state index >= 15 is 0 Å². The van der Waals surface area contributed by atoms with Gasteiger partial charge in [0.2, 0.25) is 5.91 Å². The van der Waals surface area contributed by atoms with E-state index in [0.717, 1.165) is 12.8 Å². The van der Waals surface area contributed by atoms with Crippen LogP contribution in [0.25, 0.3) is 0 Å². The Kier molecular flexibility index (Phi) is 5.59. The highest BCUT2D eigenvalue weighted by Gasteiger charge is 2.35. The maximum Gasteiger partial charge on any atom is 0.239 e. The minimum absolute atomic E-state index is 0.00745. The Labute approximate surface area is 110 Å². The fourth-order valence-electron chi connectivity index (χ4n) is 2.19. The molecule has 0 aromatic heterocycles. The lowest BCUT2D eigenvalue weighted by Gasteiger charge is -2.30. The summed E-state index contributed by atoms with van der Waals surface area (Å²) in [7, 11) is -1.20. The van der Waals surface area contributed by atoms with Gasteiger partial charge in [-0.15, -0.1) is 0 Å². The fraction of sp³-hybridized carbons (Fsp3) is 0.917. The first-order valence-corrected chi connectivity index (χ1v) is 8.41. The largest absolute Gasteiger partial charge is 0.337 e. The normalized spacial score (nSPS) is 23.8. The zero-order chi connectivity index (χ0) is 13.8. The van der Waals surface area contributed by atoms with E-state index in [0.29, 0.717) is 13.0 Å². The molecule has 1 fully saturated rings. The zero-order valence-corrected chi connectivity index (χ0v) is 12.3. The predicted octanol–water partition coefficient (Wildman–Crippen LogP) is 0.410. The first kappa shape index (κ1) is 15.4. The molecule has 106 valence electrons. The maximum absolute atomic E-state index is 12.2. The van der Waals surface area contributed by atoms with Crippen molar-refractivity contribution < 1.29 is 13.2 Å². The Balaban J connectivity index is 2.75. The van der Waals surface area contributed by atoms with E-state index in [1.54, 1.807) is 11.9 Å². The van der Waals surface area contributed by atoms with Crippen LogP contribution in [0.3, 0.4) is 0 Å². The van der Waals surface area contributed by atoms with Gasteiger partial charge in [-0.05, 0) is 26.8 Å². The van der Waals surface area contributed by atoms with Crippen molar-refractivity contribution in [2.75, 3.05) is 25.1 Å². The Bertz CT molecular complexity index is 381. The van der Waals surface area contributed by atoms with Gasteiger partial charge < -0.3 is 10.2 Å². The summed E-state index contributed by atoms with van der Waals surface area (Å²) in [4.78, 5) is 14.0. The first-order chi connectivity index (χ1) is 8.41. The minimum atomic E-state index is -2.95. The second-order valence-electron chi connectivity index (χ2n) is 4.95. The zero-order valence-electron chi connectivity index (χ0n) is 11.5. The predicted molar refractivity (Wildman–Crippen MR) is 72.2 cm³/mol. The number of rotatable bonds is 6. The molecule has 0 radical (unpaired) electrons. The molecular formula is C12H24N2O3S. The summed E-state index contributed by atoms with van der Waals surface area (Å²) in [6.07, 6.45) is 2.49. The number of unbranched alkanes of at least 4 members (excludes halogenated alkanes) is 1. The molecule has 0 saturated carbocycles. The van der Waals surface area contributed by atoms with E-state index in [1.165, 1.54) is 0 Å². The standard InChI is InChI=1S/C12H24N2O3S/c1-4-5-7-14(12(15)10(2)13-3)11-6-8-18(16,17)9-11/h10-11,13H,4-9H2,1-3H3. The van der Waals surface area contributed by atoms with Gasteiger partial charge in [-0.3, -0.25) is 4.79 Å². The summed E-state index contributed by atoms with van der Waals surface area (Å²) in [6.45, 7) is 4.53. The van der Waals surface area contributed by atoms with Gasteiger partial charge in [0.1, 0.15) is 0 Å². The number of nitrogens with zero attached hydrogens (tertiary/aromatic N) is 1. The van der Waals surface area contributed by atoms with Gasteiger partial charge in [0, 0.05) is 12.6 Å². The number of sulfone groups is 1. The number of hydrogen-bond donors (Lipinski definition) is 1. The number of hydrogen-bond acceptors (Lipinski definition) is 4. The number of carbonyl (C=O) groups excluding carboxylic acids is 1. The molecule has 18 heavy (non-hydrogen) atoms. The van der Waals surface area contributed by atoms with E-state index in [4.69, 9.17) is 0 Å². The monoisotopic (exact) mass is 276 g/mol. The third-order valence-electron chi connectivity index (χ3n) is 3.49. The van der Waals surface area contributed by atoms with Crippen LogP contribution in [0.15, 0.2) is 0 Å². The van der Waals surface area contributed by atoms with E-state index in [9.17, 15) is 13.2 Å². The maximum atomic E-state index is 12.2. The Morgan fingerprint density at radius 1 is 1.50 bits per heavy atom. The second-order valence-corrected chi connectivity index (χ2v) is 7.18. The molecular weight excluding hydrogens is 252 g/mol. The van der Waals surface area contributed by atoms with Crippen LogP contribution in [-0.4, -0.2) is 56.4 Å². The van der Waals surface area contributed by atoms with Crippen molar-refractivity contribution in [1.29, 1.82) is 0 Å². The Morgan fingerprint density at radius 2 is 2.17 bits per heavy atom. The summed E-state index contributed by atoms with van der Waals surface area (Å²) in [5.41, 5.74) is 0. The average molecular weight is 276 g/mol. The van der Waals surface area contributed by atoms with Crippen molar-refractivity contribution in [3.05, 3.63) is 0 Å². The average Bonchev–Trinajstić information content (AvgIpc) is 2.68. The Morgan fingerprint density at radius 3 is 2.61 bits per heavy atom. The van der Waals surface area contributed by atoms with Crippen LogP contribution in [-0.2, 0) is 14.6 Å². The highest BCUT2D eigenvalue weighted by molar-refractivity contribution is 7.91. The summed E-state index contributed by atoms with van der Waals surface area (Å²) >= 11 is 0. The smallest absolute Gasteiger partial charge is 0.239 e. The quantitative estimate of drug-likeness (QED) is 0.763. The van der Waals surface area contributed by atoms with E-state index in [1.807, 2.05) is 6.92 Å². The molecule has 1 aliphatic heterocycles. The second kappa shape index (κ2) is 6.52. The van der Waals surface area contributed by atoms with Crippen LogP contribution < -0.4 is 5.32 Å². The van der Waals surface area contributed by atoms with Crippen LogP contribution >= 0.6 is 0 Å². The van der Waals surface area contributed by atoms with Gasteiger partial charge in [0.25, 0.3) is 0 Å².